The third kappa shape index (κ3) is 1.35. The first-order valence-electron chi connectivity index (χ1n) is 5.05. The molecule has 0 aliphatic carbocycles. The second-order valence-corrected chi connectivity index (χ2v) is 3.69. The normalized spacial score (nSPS) is 10.8. The lowest BCUT2D eigenvalue weighted by Crippen LogP contribution is -1.98. The summed E-state index contributed by atoms with van der Waals surface area (Å²) in [5, 5.41) is 5.45. The molecule has 3 rings (SSSR count). The largest absolute Gasteiger partial charge is 0.245 e. The Kier molecular flexibility index (Phi) is 1.93. The zero-order valence-corrected chi connectivity index (χ0v) is 8.83. The van der Waals surface area contributed by atoms with E-state index in [0.29, 0.717) is 0 Å². The maximum atomic E-state index is 4.33. The molecule has 1 aromatic carbocycles. The van der Waals surface area contributed by atoms with E-state index in [1.807, 2.05) is 16.9 Å². The lowest BCUT2D eigenvalue weighted by Gasteiger charge is -2.01. The highest BCUT2D eigenvalue weighted by Gasteiger charge is 2.04. The Bertz CT molecular complexity index is 628. The third-order valence-electron chi connectivity index (χ3n) is 2.51. The molecule has 0 atom stereocenters. The Morgan fingerprint density at radius 3 is 2.94 bits per heavy atom. The quantitative estimate of drug-likeness (QED) is 0.618. The molecule has 0 amide bonds. The van der Waals surface area contributed by atoms with Gasteiger partial charge in [0.1, 0.15) is 6.33 Å². The van der Waals surface area contributed by atoms with Gasteiger partial charge in [0.15, 0.2) is 5.82 Å². The van der Waals surface area contributed by atoms with Crippen LogP contribution in [0.1, 0.15) is 5.56 Å². The van der Waals surface area contributed by atoms with E-state index in [4.69, 9.17) is 0 Å². The smallest absolute Gasteiger partial charge is 0.157 e. The van der Waals surface area contributed by atoms with Crippen molar-refractivity contribution in [1.82, 2.24) is 19.7 Å². The van der Waals surface area contributed by atoms with Crippen molar-refractivity contribution in [2.45, 2.75) is 6.92 Å². The van der Waals surface area contributed by atoms with Gasteiger partial charge in [-0.3, -0.25) is 0 Å². The Labute approximate surface area is 92.6 Å². The number of rotatable bonds is 1. The van der Waals surface area contributed by atoms with Crippen LogP contribution in [0.5, 0.6) is 0 Å². The summed E-state index contributed by atoms with van der Waals surface area (Å²) in [6, 6.07) is 8.09. The lowest BCUT2D eigenvalue weighted by atomic mass is 10.2. The average Bonchev–Trinajstić information content (AvgIpc) is 2.73. The number of aryl methyl sites for hydroxylation is 1. The minimum Gasteiger partial charge on any atom is -0.245 e. The molecule has 3 aromatic rings. The van der Waals surface area contributed by atoms with Crippen LogP contribution in [0.3, 0.4) is 0 Å². The van der Waals surface area contributed by atoms with Crippen LogP contribution >= 0.6 is 0 Å². The fourth-order valence-electron chi connectivity index (χ4n) is 1.72. The van der Waals surface area contributed by atoms with Gasteiger partial charge in [-0.1, -0.05) is 12.1 Å². The van der Waals surface area contributed by atoms with Crippen molar-refractivity contribution < 1.29 is 0 Å². The summed E-state index contributed by atoms with van der Waals surface area (Å²) in [4.78, 5) is 8.09. The van der Waals surface area contributed by atoms with Crippen LogP contribution in [0.2, 0.25) is 0 Å². The van der Waals surface area contributed by atoms with Crippen LogP contribution in [0.25, 0.3) is 16.7 Å². The van der Waals surface area contributed by atoms with Crippen LogP contribution in [-0.2, 0) is 0 Å². The third-order valence-corrected chi connectivity index (χ3v) is 2.51. The Morgan fingerprint density at radius 2 is 2.12 bits per heavy atom. The van der Waals surface area contributed by atoms with Gasteiger partial charge in [0.25, 0.3) is 0 Å². The van der Waals surface area contributed by atoms with E-state index in [-0.39, 0.29) is 0 Å². The van der Waals surface area contributed by atoms with Crippen molar-refractivity contribution in [2.24, 2.45) is 0 Å². The van der Waals surface area contributed by atoms with E-state index in [2.05, 4.69) is 40.2 Å². The molecule has 0 saturated carbocycles. The molecule has 0 bridgehead atoms. The van der Waals surface area contributed by atoms with Crippen molar-refractivity contribution >= 4 is 10.9 Å². The molecule has 78 valence electrons. The van der Waals surface area contributed by atoms with E-state index >= 15 is 0 Å². The molecule has 4 heteroatoms. The van der Waals surface area contributed by atoms with Crippen molar-refractivity contribution in [2.75, 3.05) is 0 Å². The summed E-state index contributed by atoms with van der Waals surface area (Å²) >= 11 is 0. The van der Waals surface area contributed by atoms with Crippen LogP contribution in [0.15, 0.2) is 43.0 Å². The van der Waals surface area contributed by atoms with Gasteiger partial charge in [0, 0.05) is 17.6 Å². The first kappa shape index (κ1) is 9.03. The summed E-state index contributed by atoms with van der Waals surface area (Å²) in [6.07, 6.45) is 5.08. The minimum absolute atomic E-state index is 0.788. The number of nitrogens with zero attached hydrogens (tertiary/aromatic N) is 4. The molecule has 2 heterocycles. The maximum absolute atomic E-state index is 4.33. The molecule has 0 aliphatic rings. The van der Waals surface area contributed by atoms with Gasteiger partial charge in [-0.2, -0.15) is 5.10 Å². The molecule has 0 fully saturated rings. The highest BCUT2D eigenvalue weighted by molar-refractivity contribution is 5.80. The van der Waals surface area contributed by atoms with Gasteiger partial charge in [0.2, 0.25) is 0 Å². The Balaban J connectivity index is 2.29. The molecule has 0 aliphatic heterocycles. The predicted octanol–water partition coefficient (Wildman–Crippen LogP) is 2.12. The SMILES string of the molecule is Cc1ccc2cnn(-c3ccncn3)c2c1. The highest BCUT2D eigenvalue weighted by Crippen LogP contribution is 2.17. The van der Waals surface area contributed by atoms with Gasteiger partial charge in [0.05, 0.1) is 11.7 Å². The van der Waals surface area contributed by atoms with E-state index in [1.54, 1.807) is 6.20 Å². The molecule has 0 spiro atoms. The lowest BCUT2D eigenvalue weighted by molar-refractivity contribution is 0.865. The van der Waals surface area contributed by atoms with Crippen LogP contribution in [0.4, 0.5) is 0 Å². The maximum Gasteiger partial charge on any atom is 0.157 e. The molecule has 16 heavy (non-hydrogen) atoms. The van der Waals surface area contributed by atoms with E-state index in [1.165, 1.54) is 11.9 Å². The number of hydrogen-bond acceptors (Lipinski definition) is 3. The first-order valence-corrected chi connectivity index (χ1v) is 5.05. The summed E-state index contributed by atoms with van der Waals surface area (Å²) < 4.78 is 1.82. The van der Waals surface area contributed by atoms with Crippen molar-refractivity contribution in [1.29, 1.82) is 0 Å². The predicted molar refractivity (Wildman–Crippen MR) is 61.4 cm³/mol. The van der Waals surface area contributed by atoms with Gasteiger partial charge in [-0.15, -0.1) is 0 Å². The molecular formula is C12H10N4. The monoisotopic (exact) mass is 210 g/mol. The first-order chi connectivity index (χ1) is 7.84. The van der Waals surface area contributed by atoms with E-state index < -0.39 is 0 Å². The van der Waals surface area contributed by atoms with Crippen molar-refractivity contribution in [3.8, 4) is 5.82 Å². The molecule has 0 radical (unpaired) electrons. The van der Waals surface area contributed by atoms with Gasteiger partial charge in [-0.25, -0.2) is 14.6 Å². The van der Waals surface area contributed by atoms with Gasteiger partial charge in [-0.05, 0) is 18.6 Å². The Morgan fingerprint density at radius 1 is 1.19 bits per heavy atom. The zero-order chi connectivity index (χ0) is 11.0. The molecule has 0 N–H and O–H groups in total. The van der Waals surface area contributed by atoms with Gasteiger partial charge < -0.3 is 0 Å². The molecule has 0 unspecified atom stereocenters. The molecule has 2 aromatic heterocycles. The van der Waals surface area contributed by atoms with Crippen LogP contribution in [-0.4, -0.2) is 19.7 Å². The number of aromatic nitrogens is 4. The van der Waals surface area contributed by atoms with Crippen LogP contribution in [0, 0.1) is 6.92 Å². The van der Waals surface area contributed by atoms with E-state index in [0.717, 1.165) is 16.7 Å². The second-order valence-electron chi connectivity index (χ2n) is 3.69. The highest BCUT2D eigenvalue weighted by atomic mass is 15.3. The second kappa shape index (κ2) is 3.41. The van der Waals surface area contributed by atoms with Crippen molar-refractivity contribution in [3.63, 3.8) is 0 Å². The number of hydrogen-bond donors (Lipinski definition) is 0. The minimum atomic E-state index is 0.788. The molecule has 4 nitrogen and oxygen atoms in total. The number of fused-ring (bicyclic) bond motifs is 1. The summed E-state index contributed by atoms with van der Waals surface area (Å²) in [5.41, 5.74) is 2.28. The zero-order valence-electron chi connectivity index (χ0n) is 8.83. The summed E-state index contributed by atoms with van der Waals surface area (Å²) in [6.45, 7) is 2.07. The average molecular weight is 210 g/mol. The molecular weight excluding hydrogens is 200 g/mol. The summed E-state index contributed by atoms with van der Waals surface area (Å²) in [5.74, 6) is 0.788. The van der Waals surface area contributed by atoms with E-state index in [9.17, 15) is 0 Å². The Hall–Kier alpha value is -2.23. The topological polar surface area (TPSA) is 43.6 Å². The fourth-order valence-corrected chi connectivity index (χ4v) is 1.72. The standard InChI is InChI=1S/C12H10N4/c1-9-2-3-10-7-15-16(11(10)6-9)12-4-5-13-8-14-12/h2-8H,1H3. The fraction of sp³-hybridized carbons (Fsp3) is 0.0833. The summed E-state index contributed by atoms with van der Waals surface area (Å²) in [7, 11) is 0. The van der Waals surface area contributed by atoms with Crippen LogP contribution < -0.4 is 0 Å². The molecule has 0 saturated heterocycles. The van der Waals surface area contributed by atoms with Gasteiger partial charge >= 0.3 is 0 Å². The number of benzene rings is 1. The van der Waals surface area contributed by atoms with Crippen molar-refractivity contribution in [3.05, 3.63) is 48.5 Å².